The lowest BCUT2D eigenvalue weighted by atomic mass is 9.96. The van der Waals surface area contributed by atoms with Gasteiger partial charge < -0.3 is 9.47 Å². The fourth-order valence-corrected chi connectivity index (χ4v) is 2.23. The first kappa shape index (κ1) is 22.4. The molecule has 2 nitrogen and oxygen atoms in total. The van der Waals surface area contributed by atoms with E-state index in [4.69, 9.17) is 9.47 Å². The van der Waals surface area contributed by atoms with Crippen LogP contribution in [0, 0.1) is 5.41 Å². The Bertz CT molecular complexity index is 275. The Morgan fingerprint density at radius 2 is 1.13 bits per heavy atom. The second-order valence-corrected chi connectivity index (χ2v) is 7.30. The standard InChI is InChI=1S/C21H40O2/c1-6-8-10-12-14-16-18-22-20(21(3,4)5)23-19-17-15-13-11-9-7-2/h14-17,20H,6-13,18-19H2,1-5H3/b16-14+,17-15+. The van der Waals surface area contributed by atoms with Crippen molar-refractivity contribution in [3.8, 4) is 0 Å². The van der Waals surface area contributed by atoms with Gasteiger partial charge in [-0.3, -0.25) is 0 Å². The van der Waals surface area contributed by atoms with Gasteiger partial charge in [0, 0.05) is 5.41 Å². The molecule has 0 rings (SSSR count). The molecule has 136 valence electrons. The Balaban J connectivity index is 3.95. The lowest BCUT2D eigenvalue weighted by Gasteiger charge is -2.29. The molecular formula is C21H40O2. The van der Waals surface area contributed by atoms with Gasteiger partial charge in [-0.25, -0.2) is 0 Å². The van der Waals surface area contributed by atoms with Crippen LogP contribution in [0.2, 0.25) is 0 Å². The molecule has 0 radical (unpaired) electrons. The van der Waals surface area contributed by atoms with Crippen LogP contribution in [-0.4, -0.2) is 19.5 Å². The number of ether oxygens (including phenoxy) is 2. The number of hydrogen-bond donors (Lipinski definition) is 0. The molecule has 0 aromatic heterocycles. The van der Waals surface area contributed by atoms with Crippen molar-refractivity contribution < 1.29 is 9.47 Å². The van der Waals surface area contributed by atoms with Gasteiger partial charge in [0.05, 0.1) is 13.2 Å². The summed E-state index contributed by atoms with van der Waals surface area (Å²) in [6.07, 6.45) is 18.5. The van der Waals surface area contributed by atoms with Crippen LogP contribution >= 0.6 is 0 Å². The van der Waals surface area contributed by atoms with Crippen LogP contribution in [-0.2, 0) is 9.47 Å². The van der Waals surface area contributed by atoms with Gasteiger partial charge in [-0.15, -0.1) is 0 Å². The van der Waals surface area contributed by atoms with Gasteiger partial charge in [0.2, 0.25) is 0 Å². The first-order valence-corrected chi connectivity index (χ1v) is 9.55. The maximum Gasteiger partial charge on any atom is 0.163 e. The highest BCUT2D eigenvalue weighted by Crippen LogP contribution is 2.23. The van der Waals surface area contributed by atoms with Crippen LogP contribution in [0.4, 0.5) is 0 Å². The molecule has 0 heterocycles. The van der Waals surface area contributed by atoms with Gasteiger partial charge in [0.25, 0.3) is 0 Å². The molecule has 0 aliphatic heterocycles. The van der Waals surface area contributed by atoms with Crippen LogP contribution < -0.4 is 0 Å². The molecular weight excluding hydrogens is 284 g/mol. The maximum absolute atomic E-state index is 5.92. The molecule has 0 bridgehead atoms. The molecule has 23 heavy (non-hydrogen) atoms. The molecule has 0 fully saturated rings. The van der Waals surface area contributed by atoms with E-state index in [2.05, 4.69) is 58.9 Å². The Labute approximate surface area is 145 Å². The van der Waals surface area contributed by atoms with Gasteiger partial charge in [0.1, 0.15) is 0 Å². The minimum atomic E-state index is -0.164. The zero-order valence-corrected chi connectivity index (χ0v) is 16.3. The average molecular weight is 325 g/mol. The van der Waals surface area contributed by atoms with Crippen molar-refractivity contribution in [2.75, 3.05) is 13.2 Å². The number of unbranched alkanes of at least 4 members (excludes halogenated alkanes) is 6. The predicted octanol–water partition coefficient (Wildman–Crippen LogP) is 6.66. The number of hydrogen-bond acceptors (Lipinski definition) is 2. The summed E-state index contributed by atoms with van der Waals surface area (Å²) >= 11 is 0. The van der Waals surface area contributed by atoms with E-state index in [1.54, 1.807) is 0 Å². The van der Waals surface area contributed by atoms with Gasteiger partial charge in [-0.05, 0) is 25.7 Å². The summed E-state index contributed by atoms with van der Waals surface area (Å²) < 4.78 is 11.8. The van der Waals surface area contributed by atoms with Crippen molar-refractivity contribution in [1.82, 2.24) is 0 Å². The highest BCUT2D eigenvalue weighted by atomic mass is 16.7. The van der Waals surface area contributed by atoms with E-state index < -0.39 is 0 Å². The van der Waals surface area contributed by atoms with E-state index >= 15 is 0 Å². The van der Waals surface area contributed by atoms with Gasteiger partial charge in [-0.2, -0.15) is 0 Å². The second-order valence-electron chi connectivity index (χ2n) is 7.30. The molecule has 0 aliphatic carbocycles. The summed E-state index contributed by atoms with van der Waals surface area (Å²) in [4.78, 5) is 0. The van der Waals surface area contributed by atoms with Crippen molar-refractivity contribution in [3.05, 3.63) is 24.3 Å². The van der Waals surface area contributed by atoms with Gasteiger partial charge in [0.15, 0.2) is 6.29 Å². The second kappa shape index (κ2) is 15.0. The average Bonchev–Trinajstić information content (AvgIpc) is 2.50. The highest BCUT2D eigenvalue weighted by molar-refractivity contribution is 4.83. The van der Waals surface area contributed by atoms with E-state index in [-0.39, 0.29) is 11.7 Å². The summed E-state index contributed by atoms with van der Waals surface area (Å²) in [6.45, 7) is 12.2. The summed E-state index contributed by atoms with van der Waals surface area (Å²) in [5, 5.41) is 0. The van der Waals surface area contributed by atoms with Crippen LogP contribution in [0.1, 0.15) is 86.0 Å². The molecule has 0 spiro atoms. The predicted molar refractivity (Wildman–Crippen MR) is 102 cm³/mol. The topological polar surface area (TPSA) is 18.5 Å². The monoisotopic (exact) mass is 324 g/mol. The quantitative estimate of drug-likeness (QED) is 0.202. The van der Waals surface area contributed by atoms with Crippen LogP contribution in [0.3, 0.4) is 0 Å². The largest absolute Gasteiger partial charge is 0.348 e. The minimum Gasteiger partial charge on any atom is -0.348 e. The first-order chi connectivity index (χ1) is 11.0. The van der Waals surface area contributed by atoms with Gasteiger partial charge >= 0.3 is 0 Å². The highest BCUT2D eigenvalue weighted by Gasteiger charge is 2.25. The van der Waals surface area contributed by atoms with Crippen molar-refractivity contribution in [3.63, 3.8) is 0 Å². The van der Waals surface area contributed by atoms with E-state index in [1.165, 1.54) is 38.5 Å². The molecule has 2 heteroatoms. The Morgan fingerprint density at radius 3 is 1.48 bits per heavy atom. The molecule has 0 aromatic carbocycles. The smallest absolute Gasteiger partial charge is 0.163 e. The van der Waals surface area contributed by atoms with Crippen molar-refractivity contribution in [1.29, 1.82) is 0 Å². The molecule has 0 unspecified atom stereocenters. The summed E-state index contributed by atoms with van der Waals surface area (Å²) in [6, 6.07) is 0. The molecule has 0 saturated heterocycles. The van der Waals surface area contributed by atoms with Gasteiger partial charge in [-0.1, -0.05) is 84.6 Å². The zero-order chi connectivity index (χ0) is 17.4. The number of rotatable bonds is 14. The minimum absolute atomic E-state index is 0.00784. The summed E-state index contributed by atoms with van der Waals surface area (Å²) in [5.41, 5.74) is -0.00784. The molecule has 0 atom stereocenters. The fraction of sp³-hybridized carbons (Fsp3) is 0.810. The van der Waals surface area contributed by atoms with E-state index in [0.717, 1.165) is 12.8 Å². The molecule has 0 aliphatic rings. The van der Waals surface area contributed by atoms with E-state index in [1.807, 2.05) is 0 Å². The van der Waals surface area contributed by atoms with E-state index in [9.17, 15) is 0 Å². The molecule has 0 N–H and O–H groups in total. The third kappa shape index (κ3) is 14.7. The normalized spacial score (nSPS) is 13.0. The van der Waals surface area contributed by atoms with Crippen LogP contribution in [0.5, 0.6) is 0 Å². The Hall–Kier alpha value is -0.600. The SMILES string of the molecule is CCCCC/C=C/COC(OC/C=C/CCCCC)C(C)(C)C. The van der Waals surface area contributed by atoms with Crippen molar-refractivity contribution in [2.45, 2.75) is 92.3 Å². The third-order valence-electron chi connectivity index (χ3n) is 3.68. The molecule has 0 aromatic rings. The number of allylic oxidation sites excluding steroid dienone is 2. The summed E-state index contributed by atoms with van der Waals surface area (Å²) in [5.74, 6) is 0. The van der Waals surface area contributed by atoms with E-state index in [0.29, 0.717) is 13.2 Å². The Kier molecular flexibility index (Phi) is 14.6. The van der Waals surface area contributed by atoms with Crippen LogP contribution in [0.25, 0.3) is 0 Å². The zero-order valence-electron chi connectivity index (χ0n) is 16.3. The molecule has 0 saturated carbocycles. The van der Waals surface area contributed by atoms with Crippen molar-refractivity contribution >= 4 is 0 Å². The summed E-state index contributed by atoms with van der Waals surface area (Å²) in [7, 11) is 0. The third-order valence-corrected chi connectivity index (χ3v) is 3.68. The Morgan fingerprint density at radius 1 is 0.696 bits per heavy atom. The first-order valence-electron chi connectivity index (χ1n) is 9.55. The van der Waals surface area contributed by atoms with Crippen LogP contribution in [0.15, 0.2) is 24.3 Å². The molecule has 0 amide bonds. The lowest BCUT2D eigenvalue weighted by Crippen LogP contribution is -2.32. The maximum atomic E-state index is 5.92. The lowest BCUT2D eigenvalue weighted by molar-refractivity contribution is -0.181. The van der Waals surface area contributed by atoms with Crippen molar-refractivity contribution in [2.24, 2.45) is 5.41 Å². The fourth-order valence-electron chi connectivity index (χ4n) is 2.23.